The molecule has 3 heteroatoms. The standard InChI is InChI=1S/C12H15N3/c1-14(2)12-13-8-9-15(12)10-11-6-4-3-5-7-11/h3-9H,10H2,1-2H3. The Labute approximate surface area is 90.0 Å². The van der Waals surface area contributed by atoms with Gasteiger partial charge < -0.3 is 9.47 Å². The topological polar surface area (TPSA) is 21.1 Å². The van der Waals surface area contributed by atoms with Crippen molar-refractivity contribution >= 4 is 5.95 Å². The Morgan fingerprint density at radius 2 is 1.93 bits per heavy atom. The molecule has 0 saturated carbocycles. The Morgan fingerprint density at radius 3 is 2.60 bits per heavy atom. The van der Waals surface area contributed by atoms with Gasteiger partial charge in [0.15, 0.2) is 0 Å². The molecule has 0 N–H and O–H groups in total. The van der Waals surface area contributed by atoms with Crippen LogP contribution in [0.1, 0.15) is 5.56 Å². The van der Waals surface area contributed by atoms with Gasteiger partial charge in [0.25, 0.3) is 0 Å². The van der Waals surface area contributed by atoms with Crippen molar-refractivity contribution in [1.29, 1.82) is 0 Å². The lowest BCUT2D eigenvalue weighted by Gasteiger charge is -2.14. The number of anilines is 1. The minimum atomic E-state index is 0.869. The Kier molecular flexibility index (Phi) is 2.72. The van der Waals surface area contributed by atoms with E-state index in [1.807, 2.05) is 37.5 Å². The van der Waals surface area contributed by atoms with Crippen molar-refractivity contribution in [3.05, 3.63) is 48.3 Å². The molecule has 2 rings (SSSR count). The zero-order valence-electron chi connectivity index (χ0n) is 9.09. The largest absolute Gasteiger partial charge is 0.348 e. The first-order chi connectivity index (χ1) is 7.27. The van der Waals surface area contributed by atoms with Gasteiger partial charge >= 0.3 is 0 Å². The van der Waals surface area contributed by atoms with E-state index in [1.54, 1.807) is 0 Å². The van der Waals surface area contributed by atoms with Gasteiger partial charge in [-0.15, -0.1) is 0 Å². The summed E-state index contributed by atoms with van der Waals surface area (Å²) in [6.45, 7) is 0.869. The van der Waals surface area contributed by atoms with E-state index in [2.05, 4.69) is 33.8 Å². The van der Waals surface area contributed by atoms with Crippen LogP contribution in [-0.2, 0) is 6.54 Å². The lowest BCUT2D eigenvalue weighted by atomic mass is 10.2. The quantitative estimate of drug-likeness (QED) is 0.757. The molecule has 0 fully saturated rings. The predicted molar refractivity (Wildman–Crippen MR) is 62.1 cm³/mol. The van der Waals surface area contributed by atoms with E-state index in [-0.39, 0.29) is 0 Å². The Morgan fingerprint density at radius 1 is 1.20 bits per heavy atom. The molecule has 0 spiro atoms. The molecule has 3 nitrogen and oxygen atoms in total. The summed E-state index contributed by atoms with van der Waals surface area (Å²) < 4.78 is 2.13. The third-order valence-electron chi connectivity index (χ3n) is 2.29. The highest BCUT2D eigenvalue weighted by Gasteiger charge is 2.04. The summed E-state index contributed by atoms with van der Waals surface area (Å²) >= 11 is 0. The number of nitrogens with zero attached hydrogens (tertiary/aromatic N) is 3. The van der Waals surface area contributed by atoms with Crippen LogP contribution in [0.15, 0.2) is 42.7 Å². The Bertz CT molecular complexity index is 417. The molecule has 0 atom stereocenters. The molecule has 1 aromatic carbocycles. The fraction of sp³-hybridized carbons (Fsp3) is 0.250. The van der Waals surface area contributed by atoms with E-state index in [0.717, 1.165) is 12.5 Å². The number of hydrogen-bond acceptors (Lipinski definition) is 2. The normalized spacial score (nSPS) is 10.3. The first kappa shape index (κ1) is 9.77. The van der Waals surface area contributed by atoms with Crippen molar-refractivity contribution in [2.24, 2.45) is 0 Å². The predicted octanol–water partition coefficient (Wildman–Crippen LogP) is 2.00. The van der Waals surface area contributed by atoms with Gasteiger partial charge in [-0.3, -0.25) is 0 Å². The third kappa shape index (κ3) is 2.18. The fourth-order valence-corrected chi connectivity index (χ4v) is 1.60. The summed E-state index contributed by atoms with van der Waals surface area (Å²) in [4.78, 5) is 6.32. The molecule has 1 heterocycles. The number of aromatic nitrogens is 2. The maximum absolute atomic E-state index is 4.30. The van der Waals surface area contributed by atoms with E-state index in [4.69, 9.17) is 0 Å². The summed E-state index contributed by atoms with van der Waals surface area (Å²) in [7, 11) is 4.01. The maximum atomic E-state index is 4.30. The van der Waals surface area contributed by atoms with Crippen molar-refractivity contribution < 1.29 is 0 Å². The average molecular weight is 201 g/mol. The van der Waals surface area contributed by atoms with Crippen molar-refractivity contribution in [3.8, 4) is 0 Å². The van der Waals surface area contributed by atoms with E-state index in [9.17, 15) is 0 Å². The molecule has 0 unspecified atom stereocenters. The summed E-state index contributed by atoms with van der Waals surface area (Å²) in [6, 6.07) is 10.4. The molecular weight excluding hydrogens is 186 g/mol. The molecule has 2 aromatic rings. The zero-order chi connectivity index (χ0) is 10.7. The highest BCUT2D eigenvalue weighted by molar-refractivity contribution is 5.29. The summed E-state index contributed by atoms with van der Waals surface area (Å²) in [6.07, 6.45) is 3.83. The van der Waals surface area contributed by atoms with Crippen LogP contribution in [0.3, 0.4) is 0 Å². The van der Waals surface area contributed by atoms with Crippen molar-refractivity contribution in [1.82, 2.24) is 9.55 Å². The fourth-order valence-electron chi connectivity index (χ4n) is 1.60. The monoisotopic (exact) mass is 201 g/mol. The molecule has 15 heavy (non-hydrogen) atoms. The second-order valence-electron chi connectivity index (χ2n) is 3.74. The molecule has 1 aromatic heterocycles. The molecule has 0 radical (unpaired) electrons. The van der Waals surface area contributed by atoms with E-state index < -0.39 is 0 Å². The van der Waals surface area contributed by atoms with Crippen LogP contribution in [0.25, 0.3) is 0 Å². The van der Waals surface area contributed by atoms with Crippen LogP contribution in [0.4, 0.5) is 5.95 Å². The van der Waals surface area contributed by atoms with Crippen molar-refractivity contribution in [2.75, 3.05) is 19.0 Å². The van der Waals surface area contributed by atoms with Crippen LogP contribution in [-0.4, -0.2) is 23.6 Å². The van der Waals surface area contributed by atoms with Gasteiger partial charge in [-0.05, 0) is 5.56 Å². The second-order valence-corrected chi connectivity index (χ2v) is 3.74. The molecule has 0 aliphatic carbocycles. The molecule has 0 amide bonds. The number of imidazole rings is 1. The second kappa shape index (κ2) is 4.17. The molecule has 0 aliphatic rings. The summed E-state index contributed by atoms with van der Waals surface area (Å²) in [5.74, 6) is 0.985. The summed E-state index contributed by atoms with van der Waals surface area (Å²) in [5.41, 5.74) is 1.29. The zero-order valence-corrected chi connectivity index (χ0v) is 9.09. The van der Waals surface area contributed by atoms with Crippen LogP contribution >= 0.6 is 0 Å². The van der Waals surface area contributed by atoms with Gasteiger partial charge in [0.05, 0.1) is 6.54 Å². The van der Waals surface area contributed by atoms with Crippen molar-refractivity contribution in [3.63, 3.8) is 0 Å². The molecule has 78 valence electrons. The van der Waals surface area contributed by atoms with Crippen LogP contribution < -0.4 is 4.90 Å². The Hall–Kier alpha value is -1.77. The van der Waals surface area contributed by atoms with Crippen LogP contribution in [0.5, 0.6) is 0 Å². The Balaban J connectivity index is 2.21. The van der Waals surface area contributed by atoms with Gasteiger partial charge in [0.1, 0.15) is 0 Å². The number of hydrogen-bond donors (Lipinski definition) is 0. The maximum Gasteiger partial charge on any atom is 0.205 e. The SMILES string of the molecule is CN(C)c1nccn1Cc1ccccc1. The van der Waals surface area contributed by atoms with Gasteiger partial charge in [-0.1, -0.05) is 30.3 Å². The lowest BCUT2D eigenvalue weighted by molar-refractivity contribution is 0.778. The number of benzene rings is 1. The van der Waals surface area contributed by atoms with Gasteiger partial charge in [-0.2, -0.15) is 0 Å². The highest BCUT2D eigenvalue weighted by Crippen LogP contribution is 2.11. The first-order valence-electron chi connectivity index (χ1n) is 5.00. The van der Waals surface area contributed by atoms with E-state index >= 15 is 0 Å². The van der Waals surface area contributed by atoms with E-state index in [1.165, 1.54) is 5.56 Å². The lowest BCUT2D eigenvalue weighted by Crippen LogP contribution is -2.15. The summed E-state index contributed by atoms with van der Waals surface area (Å²) in [5, 5.41) is 0. The van der Waals surface area contributed by atoms with Crippen LogP contribution in [0, 0.1) is 0 Å². The highest BCUT2D eigenvalue weighted by atomic mass is 15.3. The molecule has 0 saturated heterocycles. The van der Waals surface area contributed by atoms with E-state index in [0.29, 0.717) is 0 Å². The van der Waals surface area contributed by atoms with Crippen LogP contribution in [0.2, 0.25) is 0 Å². The minimum Gasteiger partial charge on any atom is -0.348 e. The van der Waals surface area contributed by atoms with Crippen molar-refractivity contribution in [2.45, 2.75) is 6.54 Å². The smallest absolute Gasteiger partial charge is 0.205 e. The third-order valence-corrected chi connectivity index (χ3v) is 2.29. The molecule has 0 bridgehead atoms. The molecular formula is C12H15N3. The first-order valence-corrected chi connectivity index (χ1v) is 5.00. The van der Waals surface area contributed by atoms with Gasteiger partial charge in [0, 0.05) is 26.5 Å². The minimum absolute atomic E-state index is 0.869. The van der Waals surface area contributed by atoms with Gasteiger partial charge in [-0.25, -0.2) is 4.98 Å². The molecule has 0 aliphatic heterocycles. The van der Waals surface area contributed by atoms with Gasteiger partial charge in [0.2, 0.25) is 5.95 Å². The number of rotatable bonds is 3. The average Bonchev–Trinajstić information content (AvgIpc) is 2.67.